The Balaban J connectivity index is 2.68. The molecule has 0 bridgehead atoms. The molecule has 17 heavy (non-hydrogen) atoms. The Morgan fingerprint density at radius 3 is 2.06 bits per heavy atom. The van der Waals surface area contributed by atoms with Gasteiger partial charge in [-0.3, -0.25) is 0 Å². The van der Waals surface area contributed by atoms with E-state index in [9.17, 15) is 0 Å². The monoisotopic (exact) mass is 544 g/mol. The molecule has 0 radical (unpaired) electrons. The lowest BCUT2D eigenvalue weighted by molar-refractivity contribution is 1.47. The summed E-state index contributed by atoms with van der Waals surface area (Å²) in [6.45, 7) is 0. The average Bonchev–Trinajstić information content (AvgIpc) is 2.31. The van der Waals surface area contributed by atoms with Crippen molar-refractivity contribution in [3.05, 3.63) is 52.7 Å². The molecular formula is C12H5Br5. The molecule has 0 saturated heterocycles. The summed E-state index contributed by atoms with van der Waals surface area (Å²) in [7, 11) is 0. The van der Waals surface area contributed by atoms with Crippen molar-refractivity contribution in [3.63, 3.8) is 0 Å². The standard InChI is InChI=1S/C12H5Br5/c13-7-3-1-2-6(4-7)8-5-9(14)11(16)12(17)10(8)15/h1-5H. The van der Waals surface area contributed by atoms with Crippen LogP contribution in [0, 0.1) is 0 Å². The highest BCUT2D eigenvalue weighted by molar-refractivity contribution is 9.15. The maximum atomic E-state index is 3.61. The van der Waals surface area contributed by atoms with Crippen LogP contribution >= 0.6 is 79.6 Å². The molecule has 0 aliphatic heterocycles. The molecule has 0 nitrogen and oxygen atoms in total. The van der Waals surface area contributed by atoms with E-state index in [0.717, 1.165) is 33.5 Å². The fraction of sp³-hybridized carbons (Fsp3) is 0. The summed E-state index contributed by atoms with van der Waals surface area (Å²) in [5.74, 6) is 0. The van der Waals surface area contributed by atoms with Crippen LogP contribution < -0.4 is 0 Å². The van der Waals surface area contributed by atoms with Crippen LogP contribution in [0.2, 0.25) is 0 Å². The Morgan fingerprint density at radius 2 is 1.41 bits per heavy atom. The molecule has 0 amide bonds. The molecule has 0 aromatic heterocycles. The van der Waals surface area contributed by atoms with Crippen LogP contribution in [0.5, 0.6) is 0 Å². The highest BCUT2D eigenvalue weighted by atomic mass is 79.9. The first-order valence-corrected chi connectivity index (χ1v) is 8.56. The van der Waals surface area contributed by atoms with Gasteiger partial charge >= 0.3 is 0 Å². The van der Waals surface area contributed by atoms with Gasteiger partial charge in [-0.25, -0.2) is 0 Å². The maximum absolute atomic E-state index is 3.61. The lowest BCUT2D eigenvalue weighted by Gasteiger charge is -2.10. The highest BCUT2D eigenvalue weighted by Gasteiger charge is 2.13. The van der Waals surface area contributed by atoms with E-state index in [4.69, 9.17) is 0 Å². The molecule has 2 rings (SSSR count). The predicted molar refractivity (Wildman–Crippen MR) is 90.4 cm³/mol. The van der Waals surface area contributed by atoms with Gasteiger partial charge in [-0.15, -0.1) is 0 Å². The van der Waals surface area contributed by atoms with Crippen LogP contribution in [0.4, 0.5) is 0 Å². The lowest BCUT2D eigenvalue weighted by Crippen LogP contribution is -1.84. The molecule has 88 valence electrons. The molecule has 0 fully saturated rings. The zero-order valence-electron chi connectivity index (χ0n) is 8.28. The number of halogens is 5. The van der Waals surface area contributed by atoms with Gasteiger partial charge in [0.1, 0.15) is 0 Å². The summed E-state index contributed by atoms with van der Waals surface area (Å²) in [6, 6.07) is 10.3. The molecule has 5 heteroatoms. The molecule has 2 aromatic rings. The number of rotatable bonds is 1. The molecule has 0 atom stereocenters. The molecule has 0 saturated carbocycles. The fourth-order valence-electron chi connectivity index (χ4n) is 1.44. The van der Waals surface area contributed by atoms with Gasteiger partial charge in [-0.1, -0.05) is 28.1 Å². The topological polar surface area (TPSA) is 0 Å². The Morgan fingerprint density at radius 1 is 0.706 bits per heavy atom. The van der Waals surface area contributed by atoms with Crippen LogP contribution in [0.3, 0.4) is 0 Å². The maximum Gasteiger partial charge on any atom is 0.0477 e. The van der Waals surface area contributed by atoms with Crippen molar-refractivity contribution in [3.8, 4) is 11.1 Å². The van der Waals surface area contributed by atoms with Crippen LogP contribution in [0.15, 0.2) is 52.7 Å². The minimum absolute atomic E-state index is 1.00. The summed E-state index contributed by atoms with van der Waals surface area (Å²) in [5, 5.41) is 0. The molecule has 0 unspecified atom stereocenters. The lowest BCUT2D eigenvalue weighted by atomic mass is 10.1. The summed E-state index contributed by atoms with van der Waals surface area (Å²) in [6.07, 6.45) is 0. The third-order valence-corrected chi connectivity index (χ3v) is 7.39. The van der Waals surface area contributed by atoms with Crippen molar-refractivity contribution >= 4 is 79.6 Å². The number of benzene rings is 2. The second-order valence-corrected chi connectivity index (χ2v) is 7.51. The van der Waals surface area contributed by atoms with Gasteiger partial charge in [-0.05, 0) is 93.0 Å². The van der Waals surface area contributed by atoms with Gasteiger partial charge < -0.3 is 0 Å². The van der Waals surface area contributed by atoms with Crippen molar-refractivity contribution in [2.45, 2.75) is 0 Å². The van der Waals surface area contributed by atoms with Crippen LogP contribution in [-0.2, 0) is 0 Å². The second-order valence-electron chi connectivity index (χ2n) is 3.36. The van der Waals surface area contributed by atoms with Crippen molar-refractivity contribution in [1.82, 2.24) is 0 Å². The van der Waals surface area contributed by atoms with E-state index in [1.54, 1.807) is 0 Å². The third kappa shape index (κ3) is 3.06. The van der Waals surface area contributed by atoms with E-state index in [2.05, 4.69) is 97.8 Å². The Labute approximate surface area is 142 Å². The number of hydrogen-bond acceptors (Lipinski definition) is 0. The van der Waals surface area contributed by atoms with Crippen LogP contribution in [0.1, 0.15) is 0 Å². The predicted octanol–water partition coefficient (Wildman–Crippen LogP) is 7.17. The van der Waals surface area contributed by atoms with E-state index in [1.807, 2.05) is 12.1 Å². The molecule has 2 aromatic carbocycles. The zero-order valence-corrected chi connectivity index (χ0v) is 16.2. The molecule has 0 N–H and O–H groups in total. The van der Waals surface area contributed by atoms with E-state index in [1.165, 1.54) is 0 Å². The van der Waals surface area contributed by atoms with Crippen LogP contribution in [-0.4, -0.2) is 0 Å². The molecule has 0 spiro atoms. The number of hydrogen-bond donors (Lipinski definition) is 0. The first kappa shape index (κ1) is 14.3. The normalized spacial score (nSPS) is 10.6. The second kappa shape index (κ2) is 5.87. The molecule has 0 aliphatic rings. The van der Waals surface area contributed by atoms with Crippen molar-refractivity contribution in [1.29, 1.82) is 0 Å². The van der Waals surface area contributed by atoms with Gasteiger partial charge in [0.2, 0.25) is 0 Å². The summed E-state index contributed by atoms with van der Waals surface area (Å²) in [5.41, 5.74) is 2.29. The largest absolute Gasteiger partial charge is 0.0605 e. The summed E-state index contributed by atoms with van der Waals surface area (Å²) in [4.78, 5) is 0. The Hall–Kier alpha value is 0.840. The zero-order chi connectivity index (χ0) is 12.6. The van der Waals surface area contributed by atoms with Crippen LogP contribution in [0.25, 0.3) is 11.1 Å². The Kier molecular flexibility index (Phi) is 4.92. The van der Waals surface area contributed by atoms with Gasteiger partial charge in [-0.2, -0.15) is 0 Å². The average molecular weight is 549 g/mol. The minimum atomic E-state index is 1.00. The molecular weight excluding hydrogens is 544 g/mol. The smallest absolute Gasteiger partial charge is 0.0477 e. The van der Waals surface area contributed by atoms with Crippen molar-refractivity contribution < 1.29 is 0 Å². The first-order chi connectivity index (χ1) is 8.00. The van der Waals surface area contributed by atoms with Gasteiger partial charge in [0.05, 0.1) is 0 Å². The third-order valence-electron chi connectivity index (χ3n) is 2.24. The van der Waals surface area contributed by atoms with E-state index in [-0.39, 0.29) is 0 Å². The molecule has 0 aliphatic carbocycles. The fourth-order valence-corrected chi connectivity index (χ4v) is 4.08. The quantitative estimate of drug-likeness (QED) is 0.262. The van der Waals surface area contributed by atoms with E-state index >= 15 is 0 Å². The van der Waals surface area contributed by atoms with Gasteiger partial charge in [0.15, 0.2) is 0 Å². The summed E-state index contributed by atoms with van der Waals surface area (Å²) < 4.78 is 5.12. The highest BCUT2D eigenvalue weighted by Crippen LogP contribution is 2.43. The Bertz CT molecular complexity index is 577. The summed E-state index contributed by atoms with van der Waals surface area (Å²) >= 11 is 17.7. The van der Waals surface area contributed by atoms with E-state index < -0.39 is 0 Å². The SMILES string of the molecule is Brc1cccc(-c2cc(Br)c(Br)c(Br)c2Br)c1. The molecule has 0 heterocycles. The van der Waals surface area contributed by atoms with Crippen molar-refractivity contribution in [2.24, 2.45) is 0 Å². The van der Waals surface area contributed by atoms with Gasteiger partial charge in [0, 0.05) is 22.4 Å². The van der Waals surface area contributed by atoms with Gasteiger partial charge in [0.25, 0.3) is 0 Å². The van der Waals surface area contributed by atoms with E-state index in [0.29, 0.717) is 0 Å². The minimum Gasteiger partial charge on any atom is -0.0605 e. The first-order valence-electron chi connectivity index (χ1n) is 4.59. The van der Waals surface area contributed by atoms with Crippen molar-refractivity contribution in [2.75, 3.05) is 0 Å².